The molecule has 0 rings (SSSR count). The number of aliphatic hydroxyl groups is 2. The van der Waals surface area contributed by atoms with Crippen molar-refractivity contribution in [3.05, 3.63) is 48.6 Å². The van der Waals surface area contributed by atoms with Crippen LogP contribution in [-0.2, 0) is 14.3 Å². The first-order valence-corrected chi connectivity index (χ1v) is 42.4. The Labute approximate surface area is 582 Å². The van der Waals surface area contributed by atoms with E-state index in [2.05, 4.69) is 55.6 Å². The summed E-state index contributed by atoms with van der Waals surface area (Å²) in [6.45, 7) is 4.95. The maximum Gasteiger partial charge on any atom is 0.305 e. The first-order valence-electron chi connectivity index (χ1n) is 42.4. The fraction of sp³-hybridized carbons (Fsp3) is 0.885. The van der Waals surface area contributed by atoms with E-state index in [9.17, 15) is 19.8 Å². The lowest BCUT2D eigenvalue weighted by Gasteiger charge is -2.20. The smallest absolute Gasteiger partial charge is 0.305 e. The Bertz CT molecular complexity index is 1550. The summed E-state index contributed by atoms with van der Waals surface area (Å²) < 4.78 is 5.50. The number of unbranched alkanes of at least 4 members (excludes halogenated alkanes) is 63. The molecule has 0 bridgehead atoms. The van der Waals surface area contributed by atoms with Gasteiger partial charge in [-0.15, -0.1) is 0 Å². The van der Waals surface area contributed by atoms with Gasteiger partial charge in [-0.1, -0.05) is 416 Å². The van der Waals surface area contributed by atoms with Crippen molar-refractivity contribution in [2.45, 2.75) is 482 Å². The predicted octanol–water partition coefficient (Wildman–Crippen LogP) is 28.3. The van der Waals surface area contributed by atoms with E-state index in [4.69, 9.17) is 4.74 Å². The van der Waals surface area contributed by atoms with E-state index in [0.29, 0.717) is 19.4 Å². The van der Waals surface area contributed by atoms with Gasteiger partial charge in [0.25, 0.3) is 0 Å². The zero-order chi connectivity index (χ0) is 67.0. The van der Waals surface area contributed by atoms with Crippen LogP contribution in [0.15, 0.2) is 48.6 Å². The molecule has 0 aliphatic carbocycles. The largest absolute Gasteiger partial charge is 0.466 e. The Morgan fingerprint density at radius 1 is 0.301 bits per heavy atom. The molecular formula is C87H165NO5. The molecule has 2 unspecified atom stereocenters. The average Bonchev–Trinajstić information content (AvgIpc) is 3.78. The van der Waals surface area contributed by atoms with Gasteiger partial charge in [0.15, 0.2) is 0 Å². The number of ether oxygens (including phenoxy) is 1. The minimum atomic E-state index is -0.845. The molecule has 3 N–H and O–H groups in total. The van der Waals surface area contributed by atoms with Gasteiger partial charge in [0, 0.05) is 12.8 Å². The Balaban J connectivity index is 3.38. The molecule has 93 heavy (non-hydrogen) atoms. The highest BCUT2D eigenvalue weighted by atomic mass is 16.5. The van der Waals surface area contributed by atoms with Crippen molar-refractivity contribution in [1.82, 2.24) is 5.32 Å². The fourth-order valence-electron chi connectivity index (χ4n) is 13.4. The number of carbonyl (C=O) groups is 2. The van der Waals surface area contributed by atoms with Gasteiger partial charge in [0.2, 0.25) is 5.91 Å². The fourth-order valence-corrected chi connectivity index (χ4v) is 13.4. The summed E-state index contributed by atoms with van der Waals surface area (Å²) in [5, 5.41) is 23.3. The molecule has 0 aliphatic heterocycles. The standard InChI is InChI=1S/C87H165NO5/c1-3-5-7-9-11-13-15-17-19-21-22-23-39-42-45-48-51-55-59-63-67-71-75-79-85(90)84(83-89)88-86(91)80-76-72-68-64-60-56-52-49-46-43-40-37-35-33-31-29-27-25-24-26-28-30-32-34-36-38-41-44-47-50-54-58-62-66-70-74-78-82-93-87(92)81-77-73-69-65-61-57-53-20-18-16-14-12-10-8-6-4-2/h20,24,26,30,32,53,75,79,84-85,89-90H,3-19,21-23,25,27-29,31,33-52,54-74,76-78,80-83H2,1-2H3,(H,88,91)/b26-24-,32-30-,53-20-,79-75+. The number of aliphatic hydroxyl groups excluding tert-OH is 2. The van der Waals surface area contributed by atoms with Crippen LogP contribution in [0.5, 0.6) is 0 Å². The van der Waals surface area contributed by atoms with Crippen LogP contribution in [0, 0.1) is 0 Å². The van der Waals surface area contributed by atoms with Crippen molar-refractivity contribution >= 4 is 11.9 Å². The minimum absolute atomic E-state index is 0.0118. The predicted molar refractivity (Wildman–Crippen MR) is 412 cm³/mol. The summed E-state index contributed by atoms with van der Waals surface area (Å²) in [5.74, 6) is -0.0486. The maximum atomic E-state index is 12.6. The van der Waals surface area contributed by atoms with E-state index in [1.165, 1.54) is 392 Å². The number of allylic oxidation sites excluding steroid dienone is 7. The molecule has 0 aliphatic rings. The first kappa shape index (κ1) is 90.8. The van der Waals surface area contributed by atoms with Crippen molar-refractivity contribution < 1.29 is 24.5 Å². The SMILES string of the molecule is CCCCCCCCC/C=C\CCCCCCCC(=O)OCCCCCCCCCCCCCCC/C=C\C/C=C\CCCCCCCCCCCCCCCCCCCC(=O)NC(CO)C(O)/C=C/CCCCCCCCCCCCCCCCCCCCCCC. The van der Waals surface area contributed by atoms with Crippen LogP contribution < -0.4 is 5.32 Å². The van der Waals surface area contributed by atoms with Crippen LogP contribution in [0.1, 0.15) is 470 Å². The van der Waals surface area contributed by atoms with E-state index in [1.807, 2.05) is 6.08 Å². The highest BCUT2D eigenvalue weighted by molar-refractivity contribution is 5.76. The van der Waals surface area contributed by atoms with Gasteiger partial charge in [-0.25, -0.2) is 0 Å². The molecule has 0 aromatic carbocycles. The molecule has 6 heteroatoms. The number of nitrogens with one attached hydrogen (secondary N) is 1. The van der Waals surface area contributed by atoms with Crippen molar-refractivity contribution in [3.63, 3.8) is 0 Å². The number of rotatable bonds is 80. The number of hydrogen-bond donors (Lipinski definition) is 3. The molecule has 0 radical (unpaired) electrons. The third-order valence-corrected chi connectivity index (χ3v) is 19.8. The normalized spacial score (nSPS) is 12.7. The molecule has 1 amide bonds. The zero-order valence-corrected chi connectivity index (χ0v) is 63.0. The minimum Gasteiger partial charge on any atom is -0.466 e. The molecule has 0 saturated heterocycles. The average molecular weight is 1310 g/mol. The highest BCUT2D eigenvalue weighted by Crippen LogP contribution is 2.20. The van der Waals surface area contributed by atoms with Gasteiger partial charge in [0.05, 0.1) is 25.4 Å². The van der Waals surface area contributed by atoms with Crippen LogP contribution in [-0.4, -0.2) is 47.4 Å². The van der Waals surface area contributed by atoms with Gasteiger partial charge in [-0.05, 0) is 89.9 Å². The molecule has 548 valence electrons. The third-order valence-electron chi connectivity index (χ3n) is 19.8. The lowest BCUT2D eigenvalue weighted by atomic mass is 10.0. The van der Waals surface area contributed by atoms with Crippen molar-refractivity contribution in [1.29, 1.82) is 0 Å². The van der Waals surface area contributed by atoms with E-state index in [-0.39, 0.29) is 18.5 Å². The van der Waals surface area contributed by atoms with Gasteiger partial charge in [-0.2, -0.15) is 0 Å². The second kappa shape index (κ2) is 82.2. The van der Waals surface area contributed by atoms with Gasteiger partial charge >= 0.3 is 5.97 Å². The Morgan fingerprint density at radius 2 is 0.538 bits per heavy atom. The summed E-state index contributed by atoms with van der Waals surface area (Å²) >= 11 is 0. The van der Waals surface area contributed by atoms with Crippen molar-refractivity contribution in [2.75, 3.05) is 13.2 Å². The van der Waals surface area contributed by atoms with Gasteiger partial charge in [0.1, 0.15) is 0 Å². The highest BCUT2D eigenvalue weighted by Gasteiger charge is 2.18. The van der Waals surface area contributed by atoms with Crippen LogP contribution >= 0.6 is 0 Å². The molecule has 0 spiro atoms. The van der Waals surface area contributed by atoms with Crippen LogP contribution in [0.25, 0.3) is 0 Å². The molecule has 0 fully saturated rings. The molecule has 6 nitrogen and oxygen atoms in total. The molecule has 0 saturated carbocycles. The summed E-state index contributed by atoms with van der Waals surface area (Å²) in [5.41, 5.74) is 0. The van der Waals surface area contributed by atoms with Crippen LogP contribution in [0.2, 0.25) is 0 Å². The lowest BCUT2D eigenvalue weighted by molar-refractivity contribution is -0.143. The summed E-state index contributed by atoms with van der Waals surface area (Å²) in [6.07, 6.45) is 110. The Hall–Kier alpha value is -2.18. The molecule has 2 atom stereocenters. The maximum absolute atomic E-state index is 12.6. The monoisotopic (exact) mass is 1300 g/mol. The number of esters is 1. The van der Waals surface area contributed by atoms with Gasteiger partial charge in [-0.3, -0.25) is 9.59 Å². The second-order valence-corrected chi connectivity index (χ2v) is 29.2. The Kier molecular flexibility index (Phi) is 80.3. The summed E-state index contributed by atoms with van der Waals surface area (Å²) in [7, 11) is 0. The summed E-state index contributed by atoms with van der Waals surface area (Å²) in [6, 6.07) is -0.628. The first-order chi connectivity index (χ1) is 46.0. The quantitative estimate of drug-likeness (QED) is 0.0320. The van der Waals surface area contributed by atoms with Crippen LogP contribution in [0.3, 0.4) is 0 Å². The number of carbonyl (C=O) groups excluding carboxylic acids is 2. The van der Waals surface area contributed by atoms with E-state index < -0.39 is 12.1 Å². The number of hydrogen-bond acceptors (Lipinski definition) is 5. The topological polar surface area (TPSA) is 95.9 Å². The third kappa shape index (κ3) is 78.7. The lowest BCUT2D eigenvalue weighted by Crippen LogP contribution is -2.45. The summed E-state index contributed by atoms with van der Waals surface area (Å²) in [4.78, 5) is 24.7. The van der Waals surface area contributed by atoms with E-state index in [1.54, 1.807) is 6.08 Å². The molecular weight excluding hydrogens is 1140 g/mol. The number of amides is 1. The van der Waals surface area contributed by atoms with Crippen molar-refractivity contribution in [2.24, 2.45) is 0 Å². The second-order valence-electron chi connectivity index (χ2n) is 29.2. The van der Waals surface area contributed by atoms with E-state index >= 15 is 0 Å². The Morgan fingerprint density at radius 3 is 0.828 bits per heavy atom. The van der Waals surface area contributed by atoms with Gasteiger partial charge < -0.3 is 20.3 Å². The van der Waals surface area contributed by atoms with Crippen LogP contribution in [0.4, 0.5) is 0 Å². The molecule has 0 heterocycles. The van der Waals surface area contributed by atoms with E-state index in [0.717, 1.165) is 51.4 Å². The van der Waals surface area contributed by atoms with Crippen molar-refractivity contribution in [3.8, 4) is 0 Å². The zero-order valence-electron chi connectivity index (χ0n) is 63.0. The molecule has 0 aromatic rings. The molecule has 0 aromatic heterocycles.